The van der Waals surface area contributed by atoms with Crippen LogP contribution >= 0.6 is 11.3 Å². The predicted octanol–water partition coefficient (Wildman–Crippen LogP) is 5.22. The van der Waals surface area contributed by atoms with Crippen LogP contribution in [-0.2, 0) is 4.79 Å². The van der Waals surface area contributed by atoms with Crippen LogP contribution in [0.2, 0.25) is 0 Å². The van der Waals surface area contributed by atoms with Crippen LogP contribution in [0.1, 0.15) is 36.5 Å². The Morgan fingerprint density at radius 1 is 1.13 bits per heavy atom. The first-order chi connectivity index (χ1) is 14.4. The van der Waals surface area contributed by atoms with Crippen molar-refractivity contribution in [2.45, 2.75) is 33.6 Å². The zero-order valence-corrected chi connectivity index (χ0v) is 18.3. The van der Waals surface area contributed by atoms with E-state index < -0.39 is 0 Å². The third-order valence-electron chi connectivity index (χ3n) is 4.83. The van der Waals surface area contributed by atoms with E-state index in [0.717, 1.165) is 33.1 Å². The van der Waals surface area contributed by atoms with E-state index in [0.29, 0.717) is 5.92 Å². The molecule has 0 atom stereocenters. The van der Waals surface area contributed by atoms with Gasteiger partial charge in [0.1, 0.15) is 5.75 Å². The van der Waals surface area contributed by atoms with E-state index in [-0.39, 0.29) is 18.5 Å². The number of benzene rings is 2. The number of ether oxygens (including phenoxy) is 1. The van der Waals surface area contributed by atoms with Gasteiger partial charge in [-0.25, -0.2) is 4.52 Å². The van der Waals surface area contributed by atoms with Gasteiger partial charge in [0.2, 0.25) is 4.96 Å². The average Bonchev–Trinajstić information content (AvgIpc) is 3.27. The van der Waals surface area contributed by atoms with E-state index in [1.54, 1.807) is 4.52 Å². The number of nitrogens with zero attached hydrogens (tertiary/aromatic N) is 3. The van der Waals surface area contributed by atoms with Gasteiger partial charge < -0.3 is 4.74 Å². The molecule has 0 fully saturated rings. The number of hydrogen-bond donors (Lipinski definition) is 1. The first-order valence-electron chi connectivity index (χ1n) is 9.85. The molecule has 1 N–H and O–H groups in total. The maximum absolute atomic E-state index is 12.4. The quantitative estimate of drug-likeness (QED) is 0.465. The number of aromatic nitrogens is 3. The van der Waals surface area contributed by atoms with Gasteiger partial charge in [-0.15, -0.1) is 16.4 Å². The molecule has 0 spiro atoms. The highest BCUT2D eigenvalue weighted by Gasteiger charge is 2.15. The summed E-state index contributed by atoms with van der Waals surface area (Å²) in [4.78, 5) is 17.6. The van der Waals surface area contributed by atoms with Gasteiger partial charge in [0.05, 0.1) is 5.69 Å². The summed E-state index contributed by atoms with van der Waals surface area (Å²) in [6.45, 7) is 8.17. The average molecular weight is 421 g/mol. The monoisotopic (exact) mass is 420 g/mol. The molecule has 0 aliphatic rings. The SMILES string of the molecule is Cc1ccc(-c2csc3nc(NC(=O)COc4cc(C)ccc4C(C)C)nn23)cc1. The summed E-state index contributed by atoms with van der Waals surface area (Å²) in [5.41, 5.74) is 5.37. The fourth-order valence-electron chi connectivity index (χ4n) is 3.20. The number of carbonyl (C=O) groups is 1. The van der Waals surface area contributed by atoms with E-state index in [9.17, 15) is 4.79 Å². The Bertz CT molecular complexity index is 1190. The Morgan fingerprint density at radius 2 is 1.87 bits per heavy atom. The molecule has 6 nitrogen and oxygen atoms in total. The van der Waals surface area contributed by atoms with Crippen molar-refractivity contribution in [3.63, 3.8) is 0 Å². The highest BCUT2D eigenvalue weighted by Crippen LogP contribution is 2.28. The summed E-state index contributed by atoms with van der Waals surface area (Å²) in [7, 11) is 0. The number of hydrogen-bond acceptors (Lipinski definition) is 5. The second kappa shape index (κ2) is 8.28. The molecule has 0 bridgehead atoms. The third kappa shape index (κ3) is 4.21. The molecule has 154 valence electrons. The molecule has 30 heavy (non-hydrogen) atoms. The summed E-state index contributed by atoms with van der Waals surface area (Å²) < 4.78 is 7.55. The second-order valence-electron chi connectivity index (χ2n) is 7.65. The summed E-state index contributed by atoms with van der Waals surface area (Å²) in [5, 5.41) is 9.21. The lowest BCUT2D eigenvalue weighted by Crippen LogP contribution is -2.21. The van der Waals surface area contributed by atoms with Crippen molar-refractivity contribution in [2.24, 2.45) is 0 Å². The van der Waals surface area contributed by atoms with Crippen LogP contribution < -0.4 is 10.1 Å². The molecule has 2 heterocycles. The topological polar surface area (TPSA) is 68.5 Å². The van der Waals surface area contributed by atoms with Gasteiger partial charge in [0.15, 0.2) is 6.61 Å². The third-order valence-corrected chi connectivity index (χ3v) is 5.65. The Labute approximate surface area is 179 Å². The number of carbonyl (C=O) groups excluding carboxylic acids is 1. The number of amides is 1. The van der Waals surface area contributed by atoms with Crippen LogP contribution in [0.5, 0.6) is 5.75 Å². The van der Waals surface area contributed by atoms with E-state index >= 15 is 0 Å². The lowest BCUT2D eigenvalue weighted by Gasteiger charge is -2.14. The number of thiazole rings is 1. The van der Waals surface area contributed by atoms with Crippen molar-refractivity contribution < 1.29 is 9.53 Å². The number of rotatable bonds is 6. The van der Waals surface area contributed by atoms with Crippen LogP contribution in [0, 0.1) is 13.8 Å². The lowest BCUT2D eigenvalue weighted by atomic mass is 10.0. The summed E-state index contributed by atoms with van der Waals surface area (Å²) in [6.07, 6.45) is 0. The molecule has 0 aliphatic carbocycles. The van der Waals surface area contributed by atoms with Crippen molar-refractivity contribution in [1.82, 2.24) is 14.6 Å². The molecular weight excluding hydrogens is 396 g/mol. The van der Waals surface area contributed by atoms with E-state index in [4.69, 9.17) is 4.74 Å². The van der Waals surface area contributed by atoms with E-state index in [1.807, 2.05) is 24.4 Å². The standard InChI is InChI=1S/C23H24N4O2S/c1-14(2)18-10-7-16(4)11-20(18)29-12-21(28)24-22-25-23-27(26-22)19(13-30-23)17-8-5-15(3)6-9-17/h5-11,13-14H,12H2,1-4H3,(H,24,26,28). The van der Waals surface area contributed by atoms with Crippen LogP contribution in [0.15, 0.2) is 47.8 Å². The van der Waals surface area contributed by atoms with Gasteiger partial charge in [-0.2, -0.15) is 4.98 Å². The smallest absolute Gasteiger partial charge is 0.264 e. The Balaban J connectivity index is 1.47. The van der Waals surface area contributed by atoms with Gasteiger partial charge in [0.25, 0.3) is 11.9 Å². The van der Waals surface area contributed by atoms with Crippen LogP contribution in [0.25, 0.3) is 16.2 Å². The zero-order valence-electron chi connectivity index (χ0n) is 17.5. The molecule has 1 amide bonds. The van der Waals surface area contributed by atoms with Crippen LogP contribution in [0.3, 0.4) is 0 Å². The van der Waals surface area contributed by atoms with Crippen molar-refractivity contribution in [2.75, 3.05) is 11.9 Å². The maximum Gasteiger partial charge on any atom is 0.264 e. The highest BCUT2D eigenvalue weighted by molar-refractivity contribution is 7.15. The number of nitrogens with one attached hydrogen (secondary N) is 1. The zero-order chi connectivity index (χ0) is 21.3. The molecule has 2 aromatic heterocycles. The number of fused-ring (bicyclic) bond motifs is 1. The van der Waals surface area contributed by atoms with Crippen molar-refractivity contribution in [3.8, 4) is 17.0 Å². The molecule has 0 saturated carbocycles. The molecule has 0 unspecified atom stereocenters. The Morgan fingerprint density at radius 3 is 2.60 bits per heavy atom. The van der Waals surface area contributed by atoms with Gasteiger partial charge in [-0.1, -0.05) is 55.8 Å². The van der Waals surface area contributed by atoms with Crippen LogP contribution in [-0.4, -0.2) is 27.1 Å². The van der Waals surface area contributed by atoms with Gasteiger partial charge in [-0.05, 0) is 37.0 Å². The van der Waals surface area contributed by atoms with Gasteiger partial charge >= 0.3 is 0 Å². The minimum atomic E-state index is -0.290. The molecule has 0 radical (unpaired) electrons. The first-order valence-corrected chi connectivity index (χ1v) is 10.7. The number of aryl methyl sites for hydroxylation is 2. The summed E-state index contributed by atoms with van der Waals surface area (Å²) in [6, 6.07) is 14.3. The molecular formula is C23H24N4O2S. The normalized spacial score (nSPS) is 11.2. The summed E-state index contributed by atoms with van der Waals surface area (Å²) in [5.74, 6) is 1.03. The van der Waals surface area contributed by atoms with Gasteiger partial charge in [0, 0.05) is 10.9 Å². The predicted molar refractivity (Wildman–Crippen MR) is 120 cm³/mol. The Hall–Kier alpha value is -3.19. The maximum atomic E-state index is 12.4. The van der Waals surface area contributed by atoms with E-state index in [1.165, 1.54) is 16.9 Å². The first kappa shape index (κ1) is 20.1. The van der Waals surface area contributed by atoms with Crippen LogP contribution in [0.4, 0.5) is 5.95 Å². The second-order valence-corrected chi connectivity index (χ2v) is 8.49. The molecule has 4 rings (SSSR count). The van der Waals surface area contributed by atoms with Crippen molar-refractivity contribution >= 4 is 28.2 Å². The number of anilines is 1. The Kier molecular flexibility index (Phi) is 5.55. The highest BCUT2D eigenvalue weighted by atomic mass is 32.1. The molecule has 0 saturated heterocycles. The van der Waals surface area contributed by atoms with Crippen molar-refractivity contribution in [3.05, 3.63) is 64.5 Å². The van der Waals surface area contributed by atoms with Crippen molar-refractivity contribution in [1.29, 1.82) is 0 Å². The molecule has 2 aromatic carbocycles. The molecule has 4 aromatic rings. The largest absolute Gasteiger partial charge is 0.483 e. The summed E-state index contributed by atoms with van der Waals surface area (Å²) >= 11 is 1.48. The molecule has 7 heteroatoms. The fourth-order valence-corrected chi connectivity index (χ4v) is 4.04. The minimum Gasteiger partial charge on any atom is -0.483 e. The van der Waals surface area contributed by atoms with E-state index in [2.05, 4.69) is 66.5 Å². The molecule has 0 aliphatic heterocycles. The lowest BCUT2D eigenvalue weighted by molar-refractivity contribution is -0.118. The fraction of sp³-hybridized carbons (Fsp3) is 0.261. The minimum absolute atomic E-state index is 0.0964. The van der Waals surface area contributed by atoms with Gasteiger partial charge in [-0.3, -0.25) is 10.1 Å².